The van der Waals surface area contributed by atoms with Crippen molar-refractivity contribution < 1.29 is 23.2 Å². The van der Waals surface area contributed by atoms with E-state index in [1.165, 1.54) is 30.0 Å². The Kier molecular flexibility index (Phi) is 9.42. The lowest BCUT2D eigenvalue weighted by Crippen LogP contribution is -2.37. The molecular weight excluding hydrogens is 607 g/mol. The monoisotopic (exact) mass is 644 g/mol. The lowest BCUT2D eigenvalue weighted by atomic mass is 9.81. The molecule has 0 bridgehead atoms. The molecule has 236 valence electrons. The number of nitro benzene ring substituents is 1. The smallest absolute Gasteiger partial charge is 0.312 e. The zero-order valence-corrected chi connectivity index (χ0v) is 26.8. The van der Waals surface area contributed by atoms with Crippen LogP contribution >= 0.6 is 23.5 Å². The Hall–Kier alpha value is -2.99. The summed E-state index contributed by atoms with van der Waals surface area (Å²) in [5, 5.41) is 12.4. The number of hydrogen-bond donors (Lipinski definition) is 1. The van der Waals surface area contributed by atoms with Crippen molar-refractivity contribution in [2.45, 2.75) is 82.4 Å². The van der Waals surface area contributed by atoms with Crippen LogP contribution in [0.1, 0.15) is 76.8 Å². The standard InChI is InChI=1S/C19H23FN2O4S.C13H15FN2S/c1-18(2,3)26-17(23)10-16-21-19(8-4-5-12(19)11-27-16)14-9-13(22(24)25)6-7-15(14)20;14-11-6-2-1-5-10(11)13-7-3-4-9(13)8-17-12(15)16-13/h6-7,9,12H,4-5,8,10-11H2,1-3H3;1-2,5-6,9H,3-4,7-8H2,(H2,15,16)/t12-,19-;9-,13-/m00/s1. The summed E-state index contributed by atoms with van der Waals surface area (Å²) in [6.45, 7) is 5.40. The lowest BCUT2D eigenvalue weighted by molar-refractivity contribution is -0.385. The number of nitrogens with two attached hydrogens (primary N) is 1. The number of carbonyl (C=O) groups excluding carboxylic acids is 1. The number of carbonyl (C=O) groups is 1. The van der Waals surface area contributed by atoms with Crippen molar-refractivity contribution in [2.75, 3.05) is 11.5 Å². The Morgan fingerprint density at radius 1 is 1.00 bits per heavy atom. The maximum Gasteiger partial charge on any atom is 0.312 e. The Balaban J connectivity index is 0.000000193. The van der Waals surface area contributed by atoms with Crippen molar-refractivity contribution in [3.63, 3.8) is 0 Å². The van der Waals surface area contributed by atoms with Gasteiger partial charge in [-0.05, 0) is 70.4 Å². The molecular formula is C32H38F2N4O4S2. The van der Waals surface area contributed by atoms with Crippen LogP contribution < -0.4 is 5.73 Å². The lowest BCUT2D eigenvalue weighted by Gasteiger charge is -2.36. The van der Waals surface area contributed by atoms with Crippen LogP contribution in [0.5, 0.6) is 0 Å². The molecule has 2 N–H and O–H groups in total. The Bertz CT molecular complexity index is 1500. The number of fused-ring (bicyclic) bond motifs is 2. The third kappa shape index (κ3) is 6.66. The van der Waals surface area contributed by atoms with Gasteiger partial charge in [-0.1, -0.05) is 42.8 Å². The molecule has 0 unspecified atom stereocenters. The molecule has 2 aliphatic carbocycles. The summed E-state index contributed by atoms with van der Waals surface area (Å²) < 4.78 is 34.1. The topological polar surface area (TPSA) is 120 Å². The summed E-state index contributed by atoms with van der Waals surface area (Å²) >= 11 is 3.10. The third-order valence-corrected chi connectivity index (χ3v) is 10.9. The molecule has 2 fully saturated rings. The highest BCUT2D eigenvalue weighted by Gasteiger charge is 2.49. The number of nitro groups is 1. The van der Waals surface area contributed by atoms with Gasteiger partial charge in [-0.3, -0.25) is 24.9 Å². The number of ether oxygens (including phenoxy) is 1. The molecule has 0 saturated heterocycles. The van der Waals surface area contributed by atoms with E-state index >= 15 is 0 Å². The maximum atomic E-state index is 14.7. The summed E-state index contributed by atoms with van der Waals surface area (Å²) in [5.74, 6) is 1.19. The molecule has 2 aromatic rings. The largest absolute Gasteiger partial charge is 0.460 e. The highest BCUT2D eigenvalue weighted by molar-refractivity contribution is 8.14. The van der Waals surface area contributed by atoms with Crippen molar-refractivity contribution >= 4 is 45.4 Å². The number of thioether (sulfide) groups is 2. The van der Waals surface area contributed by atoms with Crippen molar-refractivity contribution in [3.05, 3.63) is 75.3 Å². The molecule has 2 aromatic carbocycles. The van der Waals surface area contributed by atoms with E-state index in [2.05, 4.69) is 4.99 Å². The van der Waals surface area contributed by atoms with Gasteiger partial charge in [-0.2, -0.15) is 0 Å². The van der Waals surface area contributed by atoms with Crippen LogP contribution in [0.4, 0.5) is 14.5 Å². The van der Waals surface area contributed by atoms with E-state index < -0.39 is 21.9 Å². The van der Waals surface area contributed by atoms with Gasteiger partial charge in [0.25, 0.3) is 5.69 Å². The van der Waals surface area contributed by atoms with Crippen LogP contribution in [0, 0.1) is 33.6 Å². The number of nitrogens with zero attached hydrogens (tertiary/aromatic N) is 3. The number of amidine groups is 1. The number of non-ortho nitro benzene ring substituents is 1. The maximum absolute atomic E-state index is 14.7. The van der Waals surface area contributed by atoms with Crippen LogP contribution in [0.15, 0.2) is 52.4 Å². The molecule has 0 aromatic heterocycles. The first kappa shape index (κ1) is 32.4. The fourth-order valence-electron chi connectivity index (χ4n) is 6.92. The molecule has 4 atom stereocenters. The molecule has 2 heterocycles. The SMILES string of the molecule is CC(C)(C)OC(=O)CC1=N[C@@]2(c3cc([N+](=O)[O-])ccc3F)CCC[C@H]2CS1.NC1=N[C@@]2(c3ccccc3F)CCC[C@H]2CS1. The zero-order valence-electron chi connectivity index (χ0n) is 25.2. The highest BCUT2D eigenvalue weighted by atomic mass is 32.2. The molecule has 12 heteroatoms. The van der Waals surface area contributed by atoms with Gasteiger partial charge in [-0.15, -0.1) is 11.8 Å². The molecule has 2 aliphatic heterocycles. The van der Waals surface area contributed by atoms with Gasteiger partial charge in [0.15, 0.2) is 5.17 Å². The van der Waals surface area contributed by atoms with E-state index in [4.69, 9.17) is 15.5 Å². The van der Waals surface area contributed by atoms with Crippen LogP contribution in [0.2, 0.25) is 0 Å². The van der Waals surface area contributed by atoms with E-state index in [1.807, 2.05) is 12.1 Å². The summed E-state index contributed by atoms with van der Waals surface area (Å²) in [5.41, 5.74) is 4.89. The highest BCUT2D eigenvalue weighted by Crippen LogP contribution is 2.53. The average Bonchev–Trinajstić information content (AvgIpc) is 3.57. The number of halogens is 2. The molecule has 0 amide bonds. The van der Waals surface area contributed by atoms with Gasteiger partial charge < -0.3 is 10.5 Å². The Morgan fingerprint density at radius 2 is 1.61 bits per heavy atom. The minimum Gasteiger partial charge on any atom is -0.460 e. The van der Waals surface area contributed by atoms with E-state index in [1.54, 1.807) is 38.6 Å². The fraction of sp³-hybridized carbons (Fsp3) is 0.531. The third-order valence-electron chi connectivity index (χ3n) is 8.77. The minimum atomic E-state index is -0.835. The van der Waals surface area contributed by atoms with Gasteiger partial charge in [0.1, 0.15) is 17.2 Å². The molecule has 4 aliphatic rings. The van der Waals surface area contributed by atoms with Crippen molar-refractivity contribution in [1.29, 1.82) is 0 Å². The van der Waals surface area contributed by atoms with E-state index in [0.717, 1.165) is 49.5 Å². The second kappa shape index (κ2) is 12.8. The molecule has 2 saturated carbocycles. The van der Waals surface area contributed by atoms with Gasteiger partial charge in [-0.25, -0.2) is 8.78 Å². The van der Waals surface area contributed by atoms with Gasteiger partial charge in [0.05, 0.1) is 27.5 Å². The second-order valence-corrected chi connectivity index (χ2v) is 14.9. The molecule has 6 rings (SSSR count). The first-order chi connectivity index (χ1) is 20.8. The average molecular weight is 645 g/mol. The van der Waals surface area contributed by atoms with E-state index in [-0.39, 0.29) is 40.9 Å². The number of benzene rings is 2. The number of hydrogen-bond acceptors (Lipinski definition) is 9. The molecule has 0 spiro atoms. The predicted molar refractivity (Wildman–Crippen MR) is 172 cm³/mol. The van der Waals surface area contributed by atoms with Crippen molar-refractivity contribution in [2.24, 2.45) is 27.6 Å². The quantitative estimate of drug-likeness (QED) is 0.203. The first-order valence-electron chi connectivity index (χ1n) is 14.9. The normalized spacial score (nSPS) is 27.7. The predicted octanol–water partition coefficient (Wildman–Crippen LogP) is 7.49. The van der Waals surface area contributed by atoms with E-state index in [0.29, 0.717) is 28.3 Å². The summed E-state index contributed by atoms with van der Waals surface area (Å²) in [6.07, 6.45) is 5.56. The van der Waals surface area contributed by atoms with Crippen molar-refractivity contribution in [1.82, 2.24) is 0 Å². The number of esters is 1. The summed E-state index contributed by atoms with van der Waals surface area (Å²) in [6, 6.07) is 10.6. The van der Waals surface area contributed by atoms with Crippen LogP contribution in [-0.4, -0.2) is 38.2 Å². The first-order valence-corrected chi connectivity index (χ1v) is 16.9. The molecule has 44 heavy (non-hydrogen) atoms. The zero-order chi connectivity index (χ0) is 31.7. The van der Waals surface area contributed by atoms with Crippen LogP contribution in [0.3, 0.4) is 0 Å². The van der Waals surface area contributed by atoms with E-state index in [9.17, 15) is 23.7 Å². The fourth-order valence-corrected chi connectivity index (χ4v) is 9.24. The molecule has 8 nitrogen and oxygen atoms in total. The summed E-state index contributed by atoms with van der Waals surface area (Å²) in [4.78, 5) is 32.2. The molecule has 0 radical (unpaired) electrons. The Labute approximate surface area is 264 Å². The number of aliphatic imine (C=N–C) groups is 2. The number of rotatable bonds is 5. The minimum absolute atomic E-state index is 0.0347. The van der Waals surface area contributed by atoms with Gasteiger partial charge >= 0.3 is 5.97 Å². The van der Waals surface area contributed by atoms with Gasteiger partial charge in [0, 0.05) is 34.8 Å². The van der Waals surface area contributed by atoms with Gasteiger partial charge in [0.2, 0.25) is 0 Å². The van der Waals surface area contributed by atoms with Crippen LogP contribution in [0.25, 0.3) is 0 Å². The van der Waals surface area contributed by atoms with Crippen molar-refractivity contribution in [3.8, 4) is 0 Å². The van der Waals surface area contributed by atoms with Crippen LogP contribution in [-0.2, 0) is 20.6 Å². The Morgan fingerprint density at radius 3 is 2.25 bits per heavy atom. The summed E-state index contributed by atoms with van der Waals surface area (Å²) in [7, 11) is 0. The second-order valence-electron chi connectivity index (χ2n) is 12.8.